The second-order valence-corrected chi connectivity index (χ2v) is 4.62. The van der Waals surface area contributed by atoms with Crippen molar-refractivity contribution in [3.8, 4) is 0 Å². The van der Waals surface area contributed by atoms with E-state index in [2.05, 4.69) is 15.4 Å². The number of rotatable bonds is 5. The quantitative estimate of drug-likeness (QED) is 0.697. The third-order valence-electron chi connectivity index (χ3n) is 3.25. The predicted molar refractivity (Wildman–Crippen MR) is 77.5 cm³/mol. The van der Waals surface area contributed by atoms with E-state index in [0.717, 1.165) is 23.9 Å². The number of fused-ring (bicyclic) bond motifs is 1. The Kier molecular flexibility index (Phi) is 3.50. The topological polar surface area (TPSA) is 62.7 Å². The number of aryl methyl sites for hydroxylation is 1. The number of nitrogens with zero attached hydrogens (tertiary/aromatic N) is 2. The van der Waals surface area contributed by atoms with Gasteiger partial charge in [-0.05, 0) is 30.7 Å². The predicted octanol–water partition coefficient (Wildman–Crippen LogP) is 2.18. The highest BCUT2D eigenvalue weighted by Crippen LogP contribution is 2.16. The molecule has 0 aliphatic carbocycles. The van der Waals surface area contributed by atoms with Crippen LogP contribution < -0.4 is 5.32 Å². The van der Waals surface area contributed by atoms with Crippen molar-refractivity contribution in [3.05, 3.63) is 54.5 Å². The lowest BCUT2D eigenvalue weighted by Gasteiger charge is -2.06. The average Bonchev–Trinajstić information content (AvgIpc) is 3.13. The monoisotopic (exact) mass is 268 g/mol. The Morgan fingerprint density at radius 3 is 3.10 bits per heavy atom. The first-order chi connectivity index (χ1) is 9.84. The molecule has 0 aliphatic rings. The first kappa shape index (κ1) is 12.5. The third kappa shape index (κ3) is 2.56. The summed E-state index contributed by atoms with van der Waals surface area (Å²) < 4.78 is 1.86. The number of hydrogen-bond acceptors (Lipinski definition) is 2. The van der Waals surface area contributed by atoms with E-state index in [9.17, 15) is 4.79 Å². The molecule has 0 unspecified atom stereocenters. The fraction of sp³-hybridized carbons (Fsp3) is 0.200. The minimum Gasteiger partial charge on any atom is -0.361 e. The maximum absolute atomic E-state index is 12.2. The van der Waals surface area contributed by atoms with Gasteiger partial charge in [-0.3, -0.25) is 9.48 Å². The van der Waals surface area contributed by atoms with Gasteiger partial charge in [0.15, 0.2) is 0 Å². The fourth-order valence-electron chi connectivity index (χ4n) is 2.25. The van der Waals surface area contributed by atoms with Crippen molar-refractivity contribution >= 4 is 16.8 Å². The molecule has 2 heterocycles. The molecule has 0 spiro atoms. The van der Waals surface area contributed by atoms with Crippen molar-refractivity contribution < 1.29 is 4.79 Å². The van der Waals surface area contributed by atoms with Crippen LogP contribution in [-0.4, -0.2) is 27.2 Å². The standard InChI is InChI=1S/C15H16N4O/c20-15(17-7-2-10-19-11-3-8-18-19)13-4-1-5-14-12(13)6-9-16-14/h1,3-6,8-9,11,16H,2,7,10H2,(H,17,20). The number of H-pyrrole nitrogens is 1. The third-order valence-corrected chi connectivity index (χ3v) is 3.25. The number of carbonyl (C=O) groups excluding carboxylic acids is 1. The van der Waals surface area contributed by atoms with Crippen molar-refractivity contribution in [1.29, 1.82) is 0 Å². The second-order valence-electron chi connectivity index (χ2n) is 4.62. The first-order valence-corrected chi connectivity index (χ1v) is 6.66. The molecule has 0 bridgehead atoms. The van der Waals surface area contributed by atoms with E-state index in [4.69, 9.17) is 0 Å². The summed E-state index contributed by atoms with van der Waals surface area (Å²) in [5, 5.41) is 8.03. The molecule has 20 heavy (non-hydrogen) atoms. The number of amides is 1. The smallest absolute Gasteiger partial charge is 0.251 e. The molecule has 2 aromatic heterocycles. The van der Waals surface area contributed by atoms with Crippen LogP contribution in [0.3, 0.4) is 0 Å². The molecule has 1 amide bonds. The SMILES string of the molecule is O=C(NCCCn1cccn1)c1cccc2[nH]ccc12. The van der Waals surface area contributed by atoms with Crippen LogP contribution in [0.2, 0.25) is 0 Å². The van der Waals surface area contributed by atoms with Crippen molar-refractivity contribution in [3.63, 3.8) is 0 Å². The average molecular weight is 268 g/mol. The van der Waals surface area contributed by atoms with Gasteiger partial charge in [-0.2, -0.15) is 5.10 Å². The summed E-state index contributed by atoms with van der Waals surface area (Å²) in [6, 6.07) is 9.51. The molecular formula is C15H16N4O. The molecule has 0 radical (unpaired) electrons. The molecule has 102 valence electrons. The van der Waals surface area contributed by atoms with Crippen molar-refractivity contribution in [2.45, 2.75) is 13.0 Å². The molecule has 0 saturated carbocycles. The van der Waals surface area contributed by atoms with E-state index in [-0.39, 0.29) is 5.91 Å². The van der Waals surface area contributed by atoms with Crippen molar-refractivity contribution in [1.82, 2.24) is 20.1 Å². The Hall–Kier alpha value is -2.56. The van der Waals surface area contributed by atoms with E-state index in [1.807, 2.05) is 47.4 Å². The molecule has 5 nitrogen and oxygen atoms in total. The minimum absolute atomic E-state index is 0.0318. The molecule has 2 N–H and O–H groups in total. The Morgan fingerprint density at radius 1 is 1.30 bits per heavy atom. The zero-order valence-corrected chi connectivity index (χ0v) is 11.0. The molecule has 0 fully saturated rings. The van der Waals surface area contributed by atoms with Gasteiger partial charge in [-0.1, -0.05) is 6.07 Å². The van der Waals surface area contributed by atoms with Gasteiger partial charge in [0.25, 0.3) is 5.91 Å². The van der Waals surface area contributed by atoms with Crippen LogP contribution in [0.1, 0.15) is 16.8 Å². The molecule has 5 heteroatoms. The van der Waals surface area contributed by atoms with Gasteiger partial charge in [0.2, 0.25) is 0 Å². The highest BCUT2D eigenvalue weighted by Gasteiger charge is 2.09. The van der Waals surface area contributed by atoms with Crippen LogP contribution in [-0.2, 0) is 6.54 Å². The van der Waals surface area contributed by atoms with Gasteiger partial charge in [-0.15, -0.1) is 0 Å². The number of nitrogens with one attached hydrogen (secondary N) is 2. The number of aromatic nitrogens is 3. The van der Waals surface area contributed by atoms with E-state index in [1.165, 1.54) is 0 Å². The van der Waals surface area contributed by atoms with E-state index in [0.29, 0.717) is 12.1 Å². The van der Waals surface area contributed by atoms with Gasteiger partial charge in [0.05, 0.1) is 0 Å². The molecule has 0 saturated heterocycles. The van der Waals surface area contributed by atoms with Crippen LogP contribution in [0.15, 0.2) is 48.9 Å². The highest BCUT2D eigenvalue weighted by atomic mass is 16.1. The van der Waals surface area contributed by atoms with Crippen LogP contribution in [0.5, 0.6) is 0 Å². The summed E-state index contributed by atoms with van der Waals surface area (Å²) in [6.45, 7) is 1.45. The molecule has 0 aliphatic heterocycles. The van der Waals surface area contributed by atoms with Gasteiger partial charge in [0, 0.05) is 48.1 Å². The van der Waals surface area contributed by atoms with Crippen LogP contribution in [0.25, 0.3) is 10.9 Å². The Labute approximate surface area is 116 Å². The summed E-state index contributed by atoms with van der Waals surface area (Å²) in [4.78, 5) is 15.3. The zero-order chi connectivity index (χ0) is 13.8. The fourth-order valence-corrected chi connectivity index (χ4v) is 2.25. The van der Waals surface area contributed by atoms with E-state index >= 15 is 0 Å². The normalized spacial score (nSPS) is 10.8. The second kappa shape index (κ2) is 5.61. The number of benzene rings is 1. The number of hydrogen-bond donors (Lipinski definition) is 2. The van der Waals surface area contributed by atoms with Gasteiger partial charge in [0.1, 0.15) is 0 Å². The van der Waals surface area contributed by atoms with Crippen LogP contribution in [0.4, 0.5) is 0 Å². The van der Waals surface area contributed by atoms with Gasteiger partial charge >= 0.3 is 0 Å². The Bertz CT molecular complexity index is 700. The summed E-state index contributed by atoms with van der Waals surface area (Å²) in [5.74, 6) is -0.0318. The van der Waals surface area contributed by atoms with E-state index < -0.39 is 0 Å². The first-order valence-electron chi connectivity index (χ1n) is 6.66. The molecule has 0 atom stereocenters. The van der Waals surface area contributed by atoms with E-state index in [1.54, 1.807) is 6.20 Å². The summed E-state index contributed by atoms with van der Waals surface area (Å²) in [5.41, 5.74) is 1.69. The van der Waals surface area contributed by atoms with Crippen molar-refractivity contribution in [2.75, 3.05) is 6.54 Å². The maximum atomic E-state index is 12.2. The highest BCUT2D eigenvalue weighted by molar-refractivity contribution is 6.06. The summed E-state index contributed by atoms with van der Waals surface area (Å²) >= 11 is 0. The molecular weight excluding hydrogens is 252 g/mol. The molecule has 1 aromatic carbocycles. The minimum atomic E-state index is -0.0318. The van der Waals surface area contributed by atoms with Gasteiger partial charge in [-0.25, -0.2) is 0 Å². The lowest BCUT2D eigenvalue weighted by Crippen LogP contribution is -2.25. The Balaban J connectivity index is 1.58. The summed E-state index contributed by atoms with van der Waals surface area (Å²) in [6.07, 6.45) is 6.38. The zero-order valence-electron chi connectivity index (χ0n) is 11.0. The lowest BCUT2D eigenvalue weighted by atomic mass is 10.1. The molecule has 3 rings (SSSR count). The maximum Gasteiger partial charge on any atom is 0.251 e. The number of carbonyl (C=O) groups is 1. The van der Waals surface area contributed by atoms with Gasteiger partial charge < -0.3 is 10.3 Å². The van der Waals surface area contributed by atoms with Crippen LogP contribution >= 0.6 is 0 Å². The Morgan fingerprint density at radius 2 is 2.25 bits per heavy atom. The number of aromatic amines is 1. The van der Waals surface area contributed by atoms with Crippen LogP contribution in [0, 0.1) is 0 Å². The van der Waals surface area contributed by atoms with Crippen molar-refractivity contribution in [2.24, 2.45) is 0 Å². The molecule has 3 aromatic rings. The largest absolute Gasteiger partial charge is 0.361 e. The lowest BCUT2D eigenvalue weighted by molar-refractivity contribution is 0.0954. The summed E-state index contributed by atoms with van der Waals surface area (Å²) in [7, 11) is 0.